The molecule has 96 valence electrons. The van der Waals surface area contributed by atoms with Gasteiger partial charge in [-0.15, -0.1) is 0 Å². The molecule has 0 aliphatic rings. The third-order valence-corrected chi connectivity index (χ3v) is 2.74. The van der Waals surface area contributed by atoms with Crippen molar-refractivity contribution < 1.29 is 14.7 Å². The fraction of sp³-hybridized carbons (Fsp3) is 0.333. The van der Waals surface area contributed by atoms with E-state index in [1.54, 1.807) is 12.1 Å². The molecule has 0 heterocycles. The lowest BCUT2D eigenvalue weighted by atomic mass is 10.0. The molecule has 0 radical (unpaired) electrons. The Labute approximate surface area is 107 Å². The Hall–Kier alpha value is -1.90. The second-order valence-corrected chi connectivity index (χ2v) is 4.30. The second-order valence-electron chi connectivity index (χ2n) is 4.30. The van der Waals surface area contributed by atoms with Gasteiger partial charge >= 0.3 is 5.97 Å². The van der Waals surface area contributed by atoms with Crippen LogP contribution in [0.5, 0.6) is 0 Å². The zero-order chi connectivity index (χ0) is 13.5. The van der Waals surface area contributed by atoms with Crippen LogP contribution in [0.1, 0.15) is 42.6 Å². The maximum Gasteiger partial charge on any atom is 0.331 e. The number of carboxylic acids is 1. The van der Waals surface area contributed by atoms with Gasteiger partial charge in [0, 0.05) is 11.1 Å². The standard InChI is InChI=1S/C15H18O3/c1-3-4-5-12-6-8-13(9-7-12)14(16)10-11(2)15(17)18/h6-10H,3-5H2,1-2H3,(H,17,18). The Morgan fingerprint density at radius 1 is 1.22 bits per heavy atom. The van der Waals surface area contributed by atoms with Gasteiger partial charge in [0.2, 0.25) is 0 Å². The van der Waals surface area contributed by atoms with Crippen molar-refractivity contribution in [1.82, 2.24) is 0 Å². The third kappa shape index (κ3) is 4.17. The largest absolute Gasteiger partial charge is 0.478 e. The average Bonchev–Trinajstić information content (AvgIpc) is 2.36. The number of ketones is 1. The van der Waals surface area contributed by atoms with E-state index < -0.39 is 5.97 Å². The number of benzene rings is 1. The van der Waals surface area contributed by atoms with Crippen LogP contribution >= 0.6 is 0 Å². The van der Waals surface area contributed by atoms with Crippen molar-refractivity contribution in [3.8, 4) is 0 Å². The summed E-state index contributed by atoms with van der Waals surface area (Å²) in [5.41, 5.74) is 1.78. The van der Waals surface area contributed by atoms with Gasteiger partial charge in [0.1, 0.15) is 0 Å². The quantitative estimate of drug-likeness (QED) is 0.619. The highest BCUT2D eigenvalue weighted by atomic mass is 16.4. The molecule has 3 heteroatoms. The van der Waals surface area contributed by atoms with Crippen molar-refractivity contribution in [2.45, 2.75) is 33.1 Å². The molecule has 0 unspecified atom stereocenters. The molecule has 1 N–H and O–H groups in total. The summed E-state index contributed by atoms with van der Waals surface area (Å²) in [6.07, 6.45) is 4.44. The Morgan fingerprint density at radius 3 is 2.33 bits per heavy atom. The first kappa shape index (κ1) is 14.2. The Morgan fingerprint density at radius 2 is 1.83 bits per heavy atom. The summed E-state index contributed by atoms with van der Waals surface area (Å²) in [5.74, 6) is -1.33. The van der Waals surface area contributed by atoms with E-state index in [-0.39, 0.29) is 11.4 Å². The number of aliphatic carboxylic acids is 1. The number of unbranched alkanes of at least 4 members (excludes halogenated alkanes) is 1. The minimum atomic E-state index is -1.07. The molecule has 0 atom stereocenters. The number of allylic oxidation sites excluding steroid dienone is 1. The van der Waals surface area contributed by atoms with Crippen LogP contribution in [0, 0.1) is 0 Å². The Bertz CT molecular complexity index is 455. The summed E-state index contributed by atoms with van der Waals surface area (Å²) in [6.45, 7) is 3.55. The molecule has 0 saturated heterocycles. The minimum Gasteiger partial charge on any atom is -0.478 e. The minimum absolute atomic E-state index is 0.0510. The number of carbonyl (C=O) groups is 2. The maximum atomic E-state index is 11.7. The molecule has 3 nitrogen and oxygen atoms in total. The summed E-state index contributed by atoms with van der Waals surface area (Å²) in [5, 5.41) is 8.70. The molecule has 0 aliphatic carbocycles. The van der Waals surface area contributed by atoms with Gasteiger partial charge in [0.15, 0.2) is 5.78 Å². The molecule has 18 heavy (non-hydrogen) atoms. The first-order chi connectivity index (χ1) is 8.54. The summed E-state index contributed by atoms with van der Waals surface area (Å²) in [4.78, 5) is 22.4. The highest BCUT2D eigenvalue weighted by Gasteiger charge is 2.06. The monoisotopic (exact) mass is 246 g/mol. The van der Waals surface area contributed by atoms with Gasteiger partial charge in [0.05, 0.1) is 0 Å². The number of aryl methyl sites for hydroxylation is 1. The smallest absolute Gasteiger partial charge is 0.331 e. The molecule has 0 fully saturated rings. The van der Waals surface area contributed by atoms with E-state index in [1.807, 2.05) is 12.1 Å². The molecule has 1 rings (SSSR count). The molecule has 0 amide bonds. The van der Waals surface area contributed by atoms with Crippen LogP contribution in [0.4, 0.5) is 0 Å². The molecule has 1 aromatic carbocycles. The van der Waals surface area contributed by atoms with Gasteiger partial charge in [0.25, 0.3) is 0 Å². The van der Waals surface area contributed by atoms with Crippen LogP contribution < -0.4 is 0 Å². The van der Waals surface area contributed by atoms with Gasteiger partial charge in [-0.25, -0.2) is 4.79 Å². The fourth-order valence-corrected chi connectivity index (χ4v) is 1.56. The van der Waals surface area contributed by atoms with E-state index >= 15 is 0 Å². The topological polar surface area (TPSA) is 54.4 Å². The summed E-state index contributed by atoms with van der Waals surface area (Å²) in [7, 11) is 0. The normalized spacial score (nSPS) is 11.3. The lowest BCUT2D eigenvalue weighted by Gasteiger charge is -2.01. The number of carbonyl (C=O) groups excluding carboxylic acids is 1. The zero-order valence-corrected chi connectivity index (χ0v) is 10.8. The fourth-order valence-electron chi connectivity index (χ4n) is 1.56. The van der Waals surface area contributed by atoms with Crippen LogP contribution in [-0.2, 0) is 11.2 Å². The van der Waals surface area contributed by atoms with Crippen molar-refractivity contribution in [2.24, 2.45) is 0 Å². The molecule has 0 aromatic heterocycles. The highest BCUT2D eigenvalue weighted by molar-refractivity contribution is 6.08. The molecular formula is C15H18O3. The van der Waals surface area contributed by atoms with Crippen LogP contribution in [0.15, 0.2) is 35.9 Å². The van der Waals surface area contributed by atoms with E-state index in [2.05, 4.69) is 6.92 Å². The van der Waals surface area contributed by atoms with Crippen molar-refractivity contribution in [3.63, 3.8) is 0 Å². The predicted octanol–water partition coefficient (Wildman–Crippen LogP) is 3.24. The van der Waals surface area contributed by atoms with Crippen LogP contribution in [0.2, 0.25) is 0 Å². The van der Waals surface area contributed by atoms with E-state index in [9.17, 15) is 9.59 Å². The number of rotatable bonds is 6. The van der Waals surface area contributed by atoms with Crippen LogP contribution in [-0.4, -0.2) is 16.9 Å². The number of hydrogen-bond donors (Lipinski definition) is 1. The second kappa shape index (κ2) is 6.74. The number of carboxylic acid groups (broad SMARTS) is 1. The van der Waals surface area contributed by atoms with Gasteiger partial charge in [-0.2, -0.15) is 0 Å². The molecule has 0 saturated carbocycles. The first-order valence-electron chi connectivity index (χ1n) is 6.09. The van der Waals surface area contributed by atoms with E-state index in [4.69, 9.17) is 5.11 Å². The van der Waals surface area contributed by atoms with Crippen molar-refractivity contribution >= 4 is 11.8 Å². The van der Waals surface area contributed by atoms with Crippen LogP contribution in [0.3, 0.4) is 0 Å². The number of hydrogen-bond acceptors (Lipinski definition) is 2. The van der Waals surface area contributed by atoms with Gasteiger partial charge in [-0.05, 0) is 31.4 Å². The van der Waals surface area contributed by atoms with E-state index in [0.717, 1.165) is 25.3 Å². The van der Waals surface area contributed by atoms with Gasteiger partial charge in [-0.1, -0.05) is 37.6 Å². The lowest BCUT2D eigenvalue weighted by Crippen LogP contribution is -2.02. The molecule has 1 aromatic rings. The third-order valence-electron chi connectivity index (χ3n) is 2.74. The summed E-state index contributed by atoms with van der Waals surface area (Å²) >= 11 is 0. The molecular weight excluding hydrogens is 228 g/mol. The summed E-state index contributed by atoms with van der Waals surface area (Å²) < 4.78 is 0. The van der Waals surface area contributed by atoms with Gasteiger partial charge in [-0.3, -0.25) is 4.79 Å². The SMILES string of the molecule is CCCCc1ccc(C(=O)C=C(C)C(=O)O)cc1. The van der Waals surface area contributed by atoms with Crippen molar-refractivity contribution in [3.05, 3.63) is 47.0 Å². The lowest BCUT2D eigenvalue weighted by molar-refractivity contribution is -0.132. The van der Waals surface area contributed by atoms with Crippen molar-refractivity contribution in [1.29, 1.82) is 0 Å². The molecule has 0 spiro atoms. The Balaban J connectivity index is 2.76. The van der Waals surface area contributed by atoms with Crippen molar-refractivity contribution in [2.75, 3.05) is 0 Å². The van der Waals surface area contributed by atoms with Crippen LogP contribution in [0.25, 0.3) is 0 Å². The summed E-state index contributed by atoms with van der Waals surface area (Å²) in [6, 6.07) is 7.34. The molecule has 0 aliphatic heterocycles. The van der Waals surface area contributed by atoms with E-state index in [0.29, 0.717) is 5.56 Å². The molecule has 0 bridgehead atoms. The Kier molecular flexibility index (Phi) is 5.31. The average molecular weight is 246 g/mol. The first-order valence-corrected chi connectivity index (χ1v) is 6.09. The van der Waals surface area contributed by atoms with Gasteiger partial charge < -0.3 is 5.11 Å². The predicted molar refractivity (Wildman–Crippen MR) is 70.8 cm³/mol. The zero-order valence-electron chi connectivity index (χ0n) is 10.8. The maximum absolute atomic E-state index is 11.7. The highest BCUT2D eigenvalue weighted by Crippen LogP contribution is 2.09. The van der Waals surface area contributed by atoms with E-state index in [1.165, 1.54) is 12.5 Å².